The first-order valence-corrected chi connectivity index (χ1v) is 6.94. The predicted molar refractivity (Wildman–Crippen MR) is 53.1 cm³/mol. The van der Waals surface area contributed by atoms with Crippen LogP contribution < -0.4 is 0 Å². The van der Waals surface area contributed by atoms with E-state index in [1.54, 1.807) is 7.11 Å². The average Bonchev–Trinajstić information content (AvgIpc) is 2.04. The largest absolute Gasteiger partial charge is 0.398 e. The number of hydrogen-bond donors (Lipinski definition) is 0. The molecule has 0 saturated carbocycles. The molecule has 0 aromatic heterocycles. The Bertz CT molecular complexity index is 183. The van der Waals surface area contributed by atoms with Crippen LogP contribution in [0.2, 0.25) is 13.1 Å². The molecule has 0 aliphatic heterocycles. The lowest BCUT2D eigenvalue weighted by Crippen LogP contribution is -2.43. The molecule has 2 nitrogen and oxygen atoms in total. The second-order valence-electron chi connectivity index (χ2n) is 3.43. The van der Waals surface area contributed by atoms with Crippen LogP contribution in [0.1, 0.15) is 20.3 Å². The molecule has 0 aliphatic rings. The third kappa shape index (κ3) is 3.40. The molecule has 0 bridgehead atoms. The van der Waals surface area contributed by atoms with Gasteiger partial charge in [0.05, 0.1) is 0 Å². The maximum atomic E-state index is 5.75. The highest BCUT2D eigenvalue weighted by Crippen LogP contribution is 2.20. The van der Waals surface area contributed by atoms with Crippen LogP contribution in [0, 0.1) is 12.3 Å². The van der Waals surface area contributed by atoms with Gasteiger partial charge >= 0.3 is 8.56 Å². The highest BCUT2D eigenvalue weighted by Gasteiger charge is 2.32. The van der Waals surface area contributed by atoms with E-state index >= 15 is 0 Å². The Morgan fingerprint density at radius 3 is 2.25 bits per heavy atom. The van der Waals surface area contributed by atoms with Crippen LogP contribution in [0.3, 0.4) is 0 Å². The zero-order valence-corrected chi connectivity index (χ0v) is 9.60. The molecule has 0 rings (SSSR count). The highest BCUT2D eigenvalue weighted by atomic mass is 28.4. The van der Waals surface area contributed by atoms with E-state index in [0.717, 1.165) is 6.42 Å². The Morgan fingerprint density at radius 2 is 2.00 bits per heavy atom. The second kappa shape index (κ2) is 4.08. The van der Waals surface area contributed by atoms with Crippen LogP contribution in [-0.4, -0.2) is 21.3 Å². The van der Waals surface area contributed by atoms with E-state index in [0.29, 0.717) is 0 Å². The summed E-state index contributed by atoms with van der Waals surface area (Å²) in [5.74, 6) is 2.65. The molecule has 12 heavy (non-hydrogen) atoms. The minimum absolute atomic E-state index is 0.467. The fraction of sp³-hybridized carbons (Fsp3) is 0.778. The summed E-state index contributed by atoms with van der Waals surface area (Å²) in [5.41, 5.74) is -0.467. The lowest BCUT2D eigenvalue weighted by atomic mass is 10.1. The molecule has 0 aromatic carbocycles. The zero-order valence-electron chi connectivity index (χ0n) is 8.60. The van der Waals surface area contributed by atoms with Gasteiger partial charge in [0, 0.05) is 7.11 Å². The van der Waals surface area contributed by atoms with E-state index in [1.807, 2.05) is 26.9 Å². The summed E-state index contributed by atoms with van der Waals surface area (Å²) in [6.07, 6.45) is 6.18. The van der Waals surface area contributed by atoms with E-state index in [9.17, 15) is 0 Å². The van der Waals surface area contributed by atoms with Gasteiger partial charge in [-0.2, -0.15) is 0 Å². The standard InChI is InChI=1S/C9H18O2Si/c1-7-9(3,8-2)11-12(5,6)10-4/h1H,8H2,2-6H3. The summed E-state index contributed by atoms with van der Waals surface area (Å²) in [6.45, 7) is 7.90. The van der Waals surface area contributed by atoms with Crippen molar-refractivity contribution in [2.24, 2.45) is 0 Å². The van der Waals surface area contributed by atoms with Crippen LogP contribution in [0.5, 0.6) is 0 Å². The Kier molecular flexibility index (Phi) is 3.98. The molecule has 70 valence electrons. The molecular formula is C9H18O2Si. The Labute approximate surface area is 76.5 Å². The number of rotatable bonds is 4. The lowest BCUT2D eigenvalue weighted by Gasteiger charge is -2.31. The maximum Gasteiger partial charge on any atom is 0.332 e. The minimum Gasteiger partial charge on any atom is -0.398 e. The van der Waals surface area contributed by atoms with Crippen molar-refractivity contribution in [1.29, 1.82) is 0 Å². The van der Waals surface area contributed by atoms with Crippen LogP contribution in [0.15, 0.2) is 0 Å². The molecular weight excluding hydrogens is 168 g/mol. The molecule has 0 amide bonds. The molecule has 0 aliphatic carbocycles. The first kappa shape index (κ1) is 11.7. The first-order valence-electron chi connectivity index (χ1n) is 4.12. The number of hydrogen-bond acceptors (Lipinski definition) is 2. The van der Waals surface area contributed by atoms with Crippen molar-refractivity contribution in [3.8, 4) is 12.3 Å². The third-order valence-corrected chi connectivity index (χ3v) is 3.87. The van der Waals surface area contributed by atoms with Gasteiger partial charge in [0.15, 0.2) is 0 Å². The summed E-state index contributed by atoms with van der Waals surface area (Å²) in [5, 5.41) is 0. The molecule has 0 saturated heterocycles. The normalized spacial score (nSPS) is 16.7. The average molecular weight is 186 g/mol. The van der Waals surface area contributed by atoms with E-state index in [-0.39, 0.29) is 0 Å². The van der Waals surface area contributed by atoms with Gasteiger partial charge in [-0.3, -0.25) is 0 Å². The molecule has 0 heterocycles. The van der Waals surface area contributed by atoms with Gasteiger partial charge in [-0.1, -0.05) is 12.8 Å². The van der Waals surface area contributed by atoms with Gasteiger partial charge in [-0.05, 0) is 26.4 Å². The molecule has 3 heteroatoms. The molecule has 1 atom stereocenters. The molecule has 0 aromatic rings. The fourth-order valence-electron chi connectivity index (χ4n) is 0.788. The molecule has 1 unspecified atom stereocenters. The topological polar surface area (TPSA) is 18.5 Å². The summed E-state index contributed by atoms with van der Waals surface area (Å²) >= 11 is 0. The van der Waals surface area contributed by atoms with Crippen molar-refractivity contribution in [2.75, 3.05) is 7.11 Å². The molecule has 0 fully saturated rings. The summed E-state index contributed by atoms with van der Waals surface area (Å²) < 4.78 is 11.0. The van der Waals surface area contributed by atoms with E-state index in [4.69, 9.17) is 15.3 Å². The van der Waals surface area contributed by atoms with Gasteiger partial charge in [0.25, 0.3) is 0 Å². The van der Waals surface area contributed by atoms with Gasteiger partial charge in [-0.25, -0.2) is 0 Å². The first-order chi connectivity index (χ1) is 5.39. The Hall–Kier alpha value is -0.303. The van der Waals surface area contributed by atoms with E-state index < -0.39 is 14.2 Å². The van der Waals surface area contributed by atoms with Gasteiger partial charge in [0.2, 0.25) is 0 Å². The second-order valence-corrected chi connectivity index (χ2v) is 6.85. The Balaban J connectivity index is 4.33. The van der Waals surface area contributed by atoms with Crippen LogP contribution in [-0.2, 0) is 8.85 Å². The van der Waals surface area contributed by atoms with Crippen LogP contribution in [0.4, 0.5) is 0 Å². The Morgan fingerprint density at radius 1 is 1.50 bits per heavy atom. The monoisotopic (exact) mass is 186 g/mol. The maximum absolute atomic E-state index is 5.75. The molecule has 0 N–H and O–H groups in total. The van der Waals surface area contributed by atoms with Gasteiger partial charge in [0.1, 0.15) is 5.60 Å². The quantitative estimate of drug-likeness (QED) is 0.495. The van der Waals surface area contributed by atoms with Crippen LogP contribution >= 0.6 is 0 Å². The summed E-state index contributed by atoms with van der Waals surface area (Å²) in [7, 11) is -0.332. The van der Waals surface area contributed by atoms with Crippen molar-refractivity contribution < 1.29 is 8.85 Å². The predicted octanol–water partition coefficient (Wildman–Crippen LogP) is 2.15. The SMILES string of the molecule is C#CC(C)(CC)O[Si](C)(C)OC. The van der Waals surface area contributed by atoms with Crippen molar-refractivity contribution in [3.05, 3.63) is 0 Å². The van der Waals surface area contributed by atoms with Gasteiger partial charge in [-0.15, -0.1) is 6.42 Å². The van der Waals surface area contributed by atoms with Crippen molar-refractivity contribution in [2.45, 2.75) is 39.0 Å². The zero-order chi connectivity index (χ0) is 9.83. The van der Waals surface area contributed by atoms with Crippen molar-refractivity contribution >= 4 is 8.56 Å². The number of terminal acetylenes is 1. The van der Waals surface area contributed by atoms with E-state index in [1.165, 1.54) is 0 Å². The smallest absolute Gasteiger partial charge is 0.332 e. The van der Waals surface area contributed by atoms with Crippen LogP contribution in [0.25, 0.3) is 0 Å². The summed E-state index contributed by atoms with van der Waals surface area (Å²) in [6, 6.07) is 0. The fourth-order valence-corrected chi connectivity index (χ4v) is 2.16. The summed E-state index contributed by atoms with van der Waals surface area (Å²) in [4.78, 5) is 0. The molecule has 0 spiro atoms. The lowest BCUT2D eigenvalue weighted by molar-refractivity contribution is 0.0932. The van der Waals surface area contributed by atoms with Gasteiger partial charge < -0.3 is 8.85 Å². The van der Waals surface area contributed by atoms with Crippen molar-refractivity contribution in [3.63, 3.8) is 0 Å². The van der Waals surface area contributed by atoms with Crippen molar-refractivity contribution in [1.82, 2.24) is 0 Å². The minimum atomic E-state index is -2.00. The highest BCUT2D eigenvalue weighted by molar-refractivity contribution is 6.64. The van der Waals surface area contributed by atoms with E-state index in [2.05, 4.69) is 5.92 Å². The third-order valence-electron chi connectivity index (χ3n) is 1.94. The molecule has 0 radical (unpaired) electrons.